The monoisotopic (exact) mass is 390 g/mol. The second-order valence-corrected chi connectivity index (χ2v) is 7.76. The number of hydrogen-bond acceptors (Lipinski definition) is 5. The van der Waals surface area contributed by atoms with Gasteiger partial charge in [-0.05, 0) is 18.4 Å². The first kappa shape index (κ1) is 22.3. The van der Waals surface area contributed by atoms with E-state index >= 15 is 0 Å². The van der Waals surface area contributed by atoms with Gasteiger partial charge in [0.2, 0.25) is 11.8 Å². The van der Waals surface area contributed by atoms with Crippen LogP contribution >= 0.6 is 0 Å². The van der Waals surface area contributed by atoms with Gasteiger partial charge in [0.25, 0.3) is 0 Å². The summed E-state index contributed by atoms with van der Waals surface area (Å²) in [6.45, 7) is 10.3. The maximum Gasteiger partial charge on any atom is 0.242 e. The van der Waals surface area contributed by atoms with E-state index in [4.69, 9.17) is 10.5 Å². The van der Waals surface area contributed by atoms with Gasteiger partial charge in [-0.25, -0.2) is 0 Å². The van der Waals surface area contributed by atoms with Crippen LogP contribution in [0.25, 0.3) is 0 Å². The third-order valence-corrected chi connectivity index (χ3v) is 5.11. The normalized spacial score (nSPS) is 17.2. The molecule has 2 amide bonds. The Balaban J connectivity index is 2.01. The molecule has 28 heavy (non-hydrogen) atoms. The summed E-state index contributed by atoms with van der Waals surface area (Å²) in [7, 11) is 0. The van der Waals surface area contributed by atoms with Crippen molar-refractivity contribution in [2.75, 3.05) is 39.4 Å². The van der Waals surface area contributed by atoms with Crippen molar-refractivity contribution in [2.24, 2.45) is 11.7 Å². The van der Waals surface area contributed by atoms with Crippen molar-refractivity contribution in [3.05, 3.63) is 35.9 Å². The van der Waals surface area contributed by atoms with Gasteiger partial charge in [0.1, 0.15) is 0 Å². The molecule has 2 atom stereocenters. The Morgan fingerprint density at radius 1 is 1.18 bits per heavy atom. The molecule has 0 saturated carbocycles. The molecular weight excluding hydrogens is 356 g/mol. The highest BCUT2D eigenvalue weighted by molar-refractivity contribution is 5.87. The van der Waals surface area contributed by atoms with E-state index < -0.39 is 6.04 Å². The van der Waals surface area contributed by atoms with Crippen LogP contribution in [-0.4, -0.2) is 73.1 Å². The Labute approximate surface area is 168 Å². The summed E-state index contributed by atoms with van der Waals surface area (Å²) in [6, 6.07) is 9.31. The van der Waals surface area contributed by atoms with Gasteiger partial charge in [-0.3, -0.25) is 14.5 Å². The molecule has 3 N–H and O–H groups in total. The number of hydrogen-bond donors (Lipinski definition) is 2. The minimum absolute atomic E-state index is 0.0153. The summed E-state index contributed by atoms with van der Waals surface area (Å²) in [4.78, 5) is 29.2. The molecular formula is C21H34N4O3. The molecule has 2 rings (SSSR count). The molecule has 0 aliphatic carbocycles. The minimum Gasteiger partial charge on any atom is -0.379 e. The first-order valence-electron chi connectivity index (χ1n) is 10.0. The predicted molar refractivity (Wildman–Crippen MR) is 110 cm³/mol. The number of carbonyl (C=O) groups is 2. The number of morpholine rings is 1. The van der Waals surface area contributed by atoms with Gasteiger partial charge in [-0.15, -0.1) is 0 Å². The summed E-state index contributed by atoms with van der Waals surface area (Å²) in [5.74, 6) is -0.367. The second kappa shape index (κ2) is 11.1. The van der Waals surface area contributed by atoms with Crippen LogP contribution in [-0.2, 0) is 20.9 Å². The average Bonchev–Trinajstić information content (AvgIpc) is 2.70. The Morgan fingerprint density at radius 2 is 1.82 bits per heavy atom. The van der Waals surface area contributed by atoms with E-state index in [1.807, 2.05) is 49.1 Å². The fourth-order valence-corrected chi connectivity index (χ4v) is 3.21. The molecule has 0 aromatic heterocycles. The van der Waals surface area contributed by atoms with Crippen molar-refractivity contribution in [3.63, 3.8) is 0 Å². The number of amides is 2. The van der Waals surface area contributed by atoms with E-state index in [2.05, 4.69) is 17.1 Å². The molecule has 0 radical (unpaired) electrons. The number of rotatable bonds is 9. The van der Waals surface area contributed by atoms with Gasteiger partial charge in [-0.2, -0.15) is 0 Å². The van der Waals surface area contributed by atoms with E-state index in [0.29, 0.717) is 6.54 Å². The molecule has 1 fully saturated rings. The summed E-state index contributed by atoms with van der Waals surface area (Å²) in [6.07, 6.45) is 0. The molecule has 1 heterocycles. The zero-order valence-corrected chi connectivity index (χ0v) is 17.3. The summed E-state index contributed by atoms with van der Waals surface area (Å²) in [5.41, 5.74) is 6.94. The summed E-state index contributed by atoms with van der Waals surface area (Å²) < 4.78 is 5.41. The number of ether oxygens (including phenoxy) is 1. The lowest BCUT2D eigenvalue weighted by Crippen LogP contribution is -2.52. The highest BCUT2D eigenvalue weighted by atomic mass is 16.5. The van der Waals surface area contributed by atoms with Crippen molar-refractivity contribution in [1.82, 2.24) is 15.1 Å². The fraction of sp³-hybridized carbons (Fsp3) is 0.619. The van der Waals surface area contributed by atoms with Crippen LogP contribution in [0, 0.1) is 5.92 Å². The van der Waals surface area contributed by atoms with E-state index in [9.17, 15) is 9.59 Å². The fourth-order valence-electron chi connectivity index (χ4n) is 3.21. The zero-order chi connectivity index (χ0) is 20.5. The van der Waals surface area contributed by atoms with E-state index in [1.54, 1.807) is 0 Å². The first-order valence-corrected chi connectivity index (χ1v) is 10.0. The molecule has 1 aromatic carbocycles. The lowest BCUT2D eigenvalue weighted by atomic mass is 10.1. The zero-order valence-electron chi connectivity index (χ0n) is 17.3. The number of carbonyl (C=O) groups excluding carboxylic acids is 2. The Bertz CT molecular complexity index is 617. The maximum atomic E-state index is 13.0. The van der Waals surface area contributed by atoms with Crippen LogP contribution in [0.4, 0.5) is 0 Å². The molecule has 1 aliphatic heterocycles. The van der Waals surface area contributed by atoms with Gasteiger partial charge < -0.3 is 20.7 Å². The first-order chi connectivity index (χ1) is 13.4. The molecule has 7 nitrogen and oxygen atoms in total. The van der Waals surface area contributed by atoms with E-state index in [-0.39, 0.29) is 30.3 Å². The smallest absolute Gasteiger partial charge is 0.242 e. The number of nitrogens with two attached hydrogens (primary N) is 1. The van der Waals surface area contributed by atoms with Crippen molar-refractivity contribution in [2.45, 2.75) is 39.4 Å². The standard InChI is InChI=1S/C21H34N4O3/c1-16(2)20(22)21(27)23-13-19(26)25(15-18-7-5-4-6-8-18)17(3)14-24-9-11-28-12-10-24/h4-8,16-17,20H,9-15,22H2,1-3H3,(H,23,27)/t17?,20-/m0/s1. The van der Waals surface area contributed by atoms with Crippen LogP contribution in [0.5, 0.6) is 0 Å². The number of nitrogens with zero attached hydrogens (tertiary/aromatic N) is 2. The molecule has 156 valence electrons. The average molecular weight is 391 g/mol. The van der Waals surface area contributed by atoms with Crippen molar-refractivity contribution in [1.29, 1.82) is 0 Å². The Kier molecular flexibility index (Phi) is 8.89. The predicted octanol–water partition coefficient (Wildman–Crippen LogP) is 0.835. The molecule has 0 spiro atoms. The summed E-state index contributed by atoms with van der Waals surface area (Å²) >= 11 is 0. The molecule has 1 aliphatic rings. The quantitative estimate of drug-likeness (QED) is 0.652. The van der Waals surface area contributed by atoms with E-state index in [0.717, 1.165) is 38.4 Å². The third kappa shape index (κ3) is 6.89. The molecule has 1 unspecified atom stereocenters. The molecule has 7 heteroatoms. The van der Waals surface area contributed by atoms with Crippen LogP contribution in [0.1, 0.15) is 26.3 Å². The molecule has 0 bridgehead atoms. The van der Waals surface area contributed by atoms with Crippen LogP contribution in [0.3, 0.4) is 0 Å². The highest BCUT2D eigenvalue weighted by Crippen LogP contribution is 2.11. The third-order valence-electron chi connectivity index (χ3n) is 5.11. The second-order valence-electron chi connectivity index (χ2n) is 7.76. The van der Waals surface area contributed by atoms with Crippen LogP contribution in [0.15, 0.2) is 30.3 Å². The molecule has 1 aromatic rings. The lowest BCUT2D eigenvalue weighted by molar-refractivity contribution is -0.136. The van der Waals surface area contributed by atoms with Gasteiger partial charge in [0, 0.05) is 32.2 Å². The largest absolute Gasteiger partial charge is 0.379 e. The minimum atomic E-state index is -0.610. The topological polar surface area (TPSA) is 87.9 Å². The van der Waals surface area contributed by atoms with Crippen molar-refractivity contribution < 1.29 is 14.3 Å². The van der Waals surface area contributed by atoms with Crippen molar-refractivity contribution >= 4 is 11.8 Å². The lowest BCUT2D eigenvalue weighted by Gasteiger charge is -2.35. The highest BCUT2D eigenvalue weighted by Gasteiger charge is 2.25. The SMILES string of the molecule is CC(C)[C@H](N)C(=O)NCC(=O)N(Cc1ccccc1)C(C)CN1CCOCC1. The Morgan fingerprint density at radius 3 is 2.43 bits per heavy atom. The number of benzene rings is 1. The maximum absolute atomic E-state index is 13.0. The van der Waals surface area contributed by atoms with Gasteiger partial charge in [0.05, 0.1) is 25.8 Å². The van der Waals surface area contributed by atoms with Gasteiger partial charge in [-0.1, -0.05) is 44.2 Å². The molecule has 1 saturated heterocycles. The van der Waals surface area contributed by atoms with Crippen molar-refractivity contribution in [3.8, 4) is 0 Å². The van der Waals surface area contributed by atoms with Gasteiger partial charge >= 0.3 is 0 Å². The van der Waals surface area contributed by atoms with Crippen LogP contribution in [0.2, 0.25) is 0 Å². The number of nitrogens with one attached hydrogen (secondary N) is 1. The summed E-state index contributed by atoms with van der Waals surface area (Å²) in [5, 5.41) is 2.70. The van der Waals surface area contributed by atoms with Gasteiger partial charge in [0.15, 0.2) is 0 Å². The van der Waals surface area contributed by atoms with E-state index in [1.165, 1.54) is 0 Å². The van der Waals surface area contributed by atoms with Crippen LogP contribution < -0.4 is 11.1 Å². The Hall–Kier alpha value is -1.96.